The number of likely N-dealkylation sites (tertiary alicyclic amines) is 1. The van der Waals surface area contributed by atoms with Crippen molar-refractivity contribution in [1.82, 2.24) is 4.90 Å². The lowest BCUT2D eigenvalue weighted by molar-refractivity contribution is -0.528. The van der Waals surface area contributed by atoms with Crippen LogP contribution in [0, 0.1) is 21.8 Å². The zero-order valence-corrected chi connectivity index (χ0v) is 19.6. The molecule has 2 heterocycles. The molecule has 0 bridgehead atoms. The Bertz CT molecular complexity index is 1190. The molecule has 10 heteroatoms. The van der Waals surface area contributed by atoms with Crippen molar-refractivity contribution in [3.05, 3.63) is 73.5 Å². The van der Waals surface area contributed by atoms with Gasteiger partial charge >= 0.3 is 0 Å². The molecule has 4 atom stereocenters. The highest BCUT2D eigenvalue weighted by atomic mass is 35.5. The first-order valence-electron chi connectivity index (χ1n) is 11.2. The topological polar surface area (TPSA) is 92.5 Å². The van der Waals surface area contributed by atoms with Crippen LogP contribution in [0.3, 0.4) is 0 Å². The lowest BCUT2D eigenvalue weighted by Gasteiger charge is -2.38. The van der Waals surface area contributed by atoms with Crippen LogP contribution in [0.1, 0.15) is 42.7 Å². The molecule has 2 aromatic rings. The Morgan fingerprint density at radius 3 is 2.71 bits per heavy atom. The van der Waals surface area contributed by atoms with Crippen LogP contribution in [-0.4, -0.2) is 40.6 Å². The standard InChI is InChI=1S/C24H22Cl2FN3O4/c25-14-8-9-16-18(11-14)28-23(32)24(16)20(15-3-1-4-17(26)21(15)27)22(30(33)34)19(5-2-10-31)29(24)12-13-6-7-13/h1,3-4,8-11,13,19-20,22H,2,5-7,12H2,(H,28,32)/t19-,20-,22+,24+/m0/s1. The SMILES string of the molecule is O=CCC[C@H]1[C@@H]([N+](=O)[O-])[C@H](c2cccc(Cl)c2F)[C@]2(C(=O)Nc3cc(Cl)ccc32)N1CC1CC1. The van der Waals surface area contributed by atoms with Gasteiger partial charge in [0, 0.05) is 39.7 Å². The van der Waals surface area contributed by atoms with Gasteiger partial charge < -0.3 is 10.1 Å². The van der Waals surface area contributed by atoms with Crippen molar-refractivity contribution in [2.24, 2.45) is 5.92 Å². The normalized spacial score (nSPS) is 28.2. The Morgan fingerprint density at radius 1 is 1.26 bits per heavy atom. The number of hydrogen-bond donors (Lipinski definition) is 1. The van der Waals surface area contributed by atoms with Gasteiger partial charge in [-0.25, -0.2) is 4.39 Å². The van der Waals surface area contributed by atoms with Crippen molar-refractivity contribution in [3.63, 3.8) is 0 Å². The smallest absolute Gasteiger partial charge is 0.250 e. The highest BCUT2D eigenvalue weighted by molar-refractivity contribution is 6.31. The minimum atomic E-state index is -1.54. The average Bonchev–Trinajstić information content (AvgIpc) is 3.50. The van der Waals surface area contributed by atoms with E-state index >= 15 is 4.39 Å². The minimum Gasteiger partial charge on any atom is -0.324 e. The number of hydrogen-bond acceptors (Lipinski definition) is 5. The third-order valence-electron chi connectivity index (χ3n) is 7.32. The van der Waals surface area contributed by atoms with Gasteiger partial charge in [0.2, 0.25) is 6.04 Å². The Kier molecular flexibility index (Phi) is 5.86. The van der Waals surface area contributed by atoms with Crippen LogP contribution < -0.4 is 5.32 Å². The van der Waals surface area contributed by atoms with Crippen LogP contribution in [0.15, 0.2) is 36.4 Å². The first-order valence-corrected chi connectivity index (χ1v) is 12.0. The van der Waals surface area contributed by atoms with Crippen LogP contribution in [-0.2, 0) is 15.1 Å². The van der Waals surface area contributed by atoms with E-state index < -0.39 is 40.2 Å². The van der Waals surface area contributed by atoms with E-state index in [1.54, 1.807) is 18.2 Å². The third-order valence-corrected chi connectivity index (χ3v) is 7.84. The molecular weight excluding hydrogens is 484 g/mol. The Morgan fingerprint density at radius 2 is 2.03 bits per heavy atom. The molecule has 2 fully saturated rings. The van der Waals surface area contributed by atoms with Crippen LogP contribution in [0.2, 0.25) is 10.0 Å². The number of nitrogens with zero attached hydrogens (tertiary/aromatic N) is 2. The maximum Gasteiger partial charge on any atom is 0.250 e. The molecule has 2 aromatic carbocycles. The molecule has 1 N–H and O–H groups in total. The fraction of sp³-hybridized carbons (Fsp3) is 0.417. The molecule has 1 spiro atoms. The number of nitrogens with one attached hydrogen (secondary N) is 1. The highest BCUT2D eigenvalue weighted by Gasteiger charge is 2.71. The quantitative estimate of drug-likeness (QED) is 0.332. The molecule has 1 saturated carbocycles. The number of nitro groups is 1. The molecule has 1 amide bonds. The first-order chi connectivity index (χ1) is 16.3. The van der Waals surface area contributed by atoms with E-state index in [4.69, 9.17) is 23.2 Å². The second-order valence-electron chi connectivity index (χ2n) is 9.21. The second kappa shape index (κ2) is 8.59. The molecule has 1 aliphatic carbocycles. The summed E-state index contributed by atoms with van der Waals surface area (Å²) in [6.45, 7) is 0.433. The first kappa shape index (κ1) is 23.2. The molecule has 3 aliphatic rings. The molecule has 0 aromatic heterocycles. The van der Waals surface area contributed by atoms with Gasteiger partial charge in [-0.3, -0.25) is 19.8 Å². The summed E-state index contributed by atoms with van der Waals surface area (Å²) in [6, 6.07) is 7.19. The number of carbonyl (C=O) groups excluding carboxylic acids is 2. The highest BCUT2D eigenvalue weighted by Crippen LogP contribution is 2.59. The van der Waals surface area contributed by atoms with Crippen molar-refractivity contribution >= 4 is 41.1 Å². The molecule has 0 unspecified atom stereocenters. The monoisotopic (exact) mass is 505 g/mol. The number of fused-ring (bicyclic) bond motifs is 2. The van der Waals surface area contributed by atoms with Gasteiger partial charge in [0.25, 0.3) is 5.91 Å². The Labute approximate surface area is 205 Å². The molecule has 0 radical (unpaired) electrons. The van der Waals surface area contributed by atoms with Gasteiger partial charge in [0.05, 0.1) is 17.0 Å². The maximum atomic E-state index is 15.5. The van der Waals surface area contributed by atoms with Crippen molar-refractivity contribution in [2.45, 2.75) is 49.2 Å². The zero-order chi connectivity index (χ0) is 24.2. The van der Waals surface area contributed by atoms with E-state index in [1.807, 2.05) is 4.90 Å². The predicted molar refractivity (Wildman–Crippen MR) is 125 cm³/mol. The van der Waals surface area contributed by atoms with E-state index in [9.17, 15) is 19.7 Å². The summed E-state index contributed by atoms with van der Waals surface area (Å²) >= 11 is 12.3. The van der Waals surface area contributed by atoms with Crippen LogP contribution in [0.25, 0.3) is 0 Å². The molecule has 2 aliphatic heterocycles. The van der Waals surface area contributed by atoms with Gasteiger partial charge in [0.1, 0.15) is 17.6 Å². The van der Waals surface area contributed by atoms with E-state index in [0.717, 1.165) is 12.8 Å². The molecular formula is C24H22Cl2FN3O4. The van der Waals surface area contributed by atoms with Crippen LogP contribution in [0.5, 0.6) is 0 Å². The van der Waals surface area contributed by atoms with E-state index in [-0.39, 0.29) is 29.3 Å². The summed E-state index contributed by atoms with van der Waals surface area (Å²) in [5, 5.41) is 15.7. The maximum absolute atomic E-state index is 15.5. The molecule has 178 valence electrons. The number of carbonyl (C=O) groups is 2. The number of amides is 1. The Hall–Kier alpha value is -2.55. The van der Waals surface area contributed by atoms with Gasteiger partial charge in [-0.15, -0.1) is 0 Å². The molecule has 34 heavy (non-hydrogen) atoms. The number of rotatable bonds is 7. The van der Waals surface area contributed by atoms with Crippen molar-refractivity contribution < 1.29 is 18.9 Å². The van der Waals surface area contributed by atoms with Gasteiger partial charge in [-0.1, -0.05) is 41.4 Å². The van der Waals surface area contributed by atoms with Gasteiger partial charge in [-0.2, -0.15) is 0 Å². The Balaban J connectivity index is 1.82. The van der Waals surface area contributed by atoms with E-state index in [1.165, 1.54) is 18.2 Å². The lowest BCUT2D eigenvalue weighted by Crippen LogP contribution is -2.52. The molecule has 7 nitrogen and oxygen atoms in total. The number of anilines is 1. The number of benzene rings is 2. The summed E-state index contributed by atoms with van der Waals surface area (Å²) in [5.41, 5.74) is -0.558. The number of aldehydes is 1. The minimum absolute atomic E-state index is 0.0153. The summed E-state index contributed by atoms with van der Waals surface area (Å²) in [6.07, 6.45) is 2.88. The van der Waals surface area contributed by atoms with E-state index in [2.05, 4.69) is 5.32 Å². The summed E-state index contributed by atoms with van der Waals surface area (Å²) in [7, 11) is 0. The fourth-order valence-corrected chi connectivity index (χ4v) is 6.19. The fourth-order valence-electron chi connectivity index (χ4n) is 5.84. The lowest BCUT2D eigenvalue weighted by atomic mass is 9.73. The third kappa shape index (κ3) is 3.42. The molecule has 1 saturated heterocycles. The summed E-state index contributed by atoms with van der Waals surface area (Å²) in [4.78, 5) is 39.2. The van der Waals surface area contributed by atoms with Crippen molar-refractivity contribution in [1.29, 1.82) is 0 Å². The van der Waals surface area contributed by atoms with Gasteiger partial charge in [-0.05, 0) is 43.4 Å². The average molecular weight is 506 g/mol. The van der Waals surface area contributed by atoms with Crippen molar-refractivity contribution in [2.75, 3.05) is 11.9 Å². The van der Waals surface area contributed by atoms with E-state index in [0.29, 0.717) is 29.1 Å². The zero-order valence-electron chi connectivity index (χ0n) is 18.0. The predicted octanol–water partition coefficient (Wildman–Crippen LogP) is 4.78. The second-order valence-corrected chi connectivity index (χ2v) is 10.1. The van der Waals surface area contributed by atoms with Crippen LogP contribution >= 0.6 is 23.2 Å². The summed E-state index contributed by atoms with van der Waals surface area (Å²) in [5.74, 6) is -2.14. The van der Waals surface area contributed by atoms with Crippen molar-refractivity contribution in [3.8, 4) is 0 Å². The summed E-state index contributed by atoms with van der Waals surface area (Å²) < 4.78 is 15.5. The largest absolute Gasteiger partial charge is 0.324 e. The van der Waals surface area contributed by atoms with Gasteiger partial charge in [0.15, 0.2) is 0 Å². The molecule has 5 rings (SSSR count). The number of halogens is 3. The van der Waals surface area contributed by atoms with Crippen LogP contribution in [0.4, 0.5) is 10.1 Å².